The van der Waals surface area contributed by atoms with Gasteiger partial charge in [0.1, 0.15) is 0 Å². The Bertz CT molecular complexity index is 396. The number of nitrogens with two attached hydrogens (primary N) is 1. The van der Waals surface area contributed by atoms with Crippen LogP contribution in [0.5, 0.6) is 5.88 Å². The smallest absolute Gasteiger partial charge is 0.215 e. The number of nitrogens with zero attached hydrogens (tertiary/aromatic N) is 2. The highest BCUT2D eigenvalue weighted by atomic mass is 16.5. The highest BCUT2D eigenvalue weighted by molar-refractivity contribution is 5.63. The second-order valence-electron chi connectivity index (χ2n) is 4.43. The SMILES string of the molecule is CCOC1CCCN(c2nc(OC)ccc2N)C1. The summed E-state index contributed by atoms with van der Waals surface area (Å²) in [7, 11) is 1.61. The molecule has 2 rings (SSSR count). The third kappa shape index (κ3) is 2.85. The summed E-state index contributed by atoms with van der Waals surface area (Å²) in [6.45, 7) is 4.59. The molecule has 1 aliphatic heterocycles. The van der Waals surface area contributed by atoms with Crippen molar-refractivity contribution < 1.29 is 9.47 Å². The number of anilines is 2. The van der Waals surface area contributed by atoms with Crippen molar-refractivity contribution in [2.24, 2.45) is 0 Å². The van der Waals surface area contributed by atoms with E-state index in [0.29, 0.717) is 11.6 Å². The number of ether oxygens (including phenoxy) is 2. The summed E-state index contributed by atoms with van der Waals surface area (Å²) in [4.78, 5) is 6.61. The zero-order chi connectivity index (χ0) is 13.0. The van der Waals surface area contributed by atoms with Crippen LogP contribution in [0.2, 0.25) is 0 Å². The van der Waals surface area contributed by atoms with E-state index in [4.69, 9.17) is 15.2 Å². The first kappa shape index (κ1) is 13.0. The molecular formula is C13H21N3O2. The van der Waals surface area contributed by atoms with E-state index in [1.54, 1.807) is 13.2 Å². The van der Waals surface area contributed by atoms with E-state index >= 15 is 0 Å². The minimum atomic E-state index is 0.274. The normalized spacial score (nSPS) is 19.9. The molecule has 0 radical (unpaired) electrons. The largest absolute Gasteiger partial charge is 0.481 e. The summed E-state index contributed by atoms with van der Waals surface area (Å²) < 4.78 is 10.8. The van der Waals surface area contributed by atoms with Gasteiger partial charge >= 0.3 is 0 Å². The lowest BCUT2D eigenvalue weighted by atomic mass is 10.1. The minimum absolute atomic E-state index is 0.274. The lowest BCUT2D eigenvalue weighted by molar-refractivity contribution is 0.0525. The highest BCUT2D eigenvalue weighted by Crippen LogP contribution is 2.27. The van der Waals surface area contributed by atoms with Crippen molar-refractivity contribution in [1.29, 1.82) is 0 Å². The molecule has 1 aliphatic rings. The molecule has 1 aromatic rings. The number of hydrogen-bond donors (Lipinski definition) is 1. The summed E-state index contributed by atoms with van der Waals surface area (Å²) in [6, 6.07) is 3.62. The molecule has 1 atom stereocenters. The van der Waals surface area contributed by atoms with E-state index in [0.717, 1.165) is 38.4 Å². The van der Waals surface area contributed by atoms with E-state index in [1.165, 1.54) is 0 Å². The van der Waals surface area contributed by atoms with E-state index < -0.39 is 0 Å². The Labute approximate surface area is 108 Å². The van der Waals surface area contributed by atoms with E-state index in [2.05, 4.69) is 9.88 Å². The van der Waals surface area contributed by atoms with E-state index in [-0.39, 0.29) is 6.10 Å². The predicted octanol–water partition coefficient (Wildman–Crippen LogP) is 1.68. The Morgan fingerprint density at radius 1 is 1.50 bits per heavy atom. The molecule has 0 bridgehead atoms. The molecule has 0 spiro atoms. The molecule has 5 heteroatoms. The van der Waals surface area contributed by atoms with Crippen LogP contribution in [0.3, 0.4) is 0 Å². The van der Waals surface area contributed by atoms with Gasteiger partial charge in [0.25, 0.3) is 0 Å². The predicted molar refractivity (Wildman–Crippen MR) is 72.1 cm³/mol. The minimum Gasteiger partial charge on any atom is -0.481 e. The summed E-state index contributed by atoms with van der Waals surface area (Å²) in [5, 5.41) is 0. The second-order valence-corrected chi connectivity index (χ2v) is 4.43. The van der Waals surface area contributed by atoms with Crippen molar-refractivity contribution in [2.75, 3.05) is 37.4 Å². The van der Waals surface area contributed by atoms with Crippen LogP contribution >= 0.6 is 0 Å². The van der Waals surface area contributed by atoms with Gasteiger partial charge in [0.05, 0.1) is 18.9 Å². The van der Waals surface area contributed by atoms with Gasteiger partial charge in [0, 0.05) is 25.8 Å². The molecule has 1 fully saturated rings. The number of hydrogen-bond acceptors (Lipinski definition) is 5. The Kier molecular flexibility index (Phi) is 4.25. The standard InChI is InChI=1S/C13H21N3O2/c1-3-18-10-5-4-8-16(9-10)13-11(14)6-7-12(15-13)17-2/h6-7,10H,3-5,8-9,14H2,1-2H3. The topological polar surface area (TPSA) is 60.6 Å². The van der Waals surface area contributed by atoms with Crippen LogP contribution in [-0.2, 0) is 4.74 Å². The van der Waals surface area contributed by atoms with Crippen LogP contribution in [0.1, 0.15) is 19.8 Å². The number of pyridine rings is 1. The van der Waals surface area contributed by atoms with Crippen molar-refractivity contribution >= 4 is 11.5 Å². The molecule has 5 nitrogen and oxygen atoms in total. The maximum atomic E-state index is 5.99. The van der Waals surface area contributed by atoms with Gasteiger partial charge in [-0.1, -0.05) is 0 Å². The van der Waals surface area contributed by atoms with E-state index in [9.17, 15) is 0 Å². The number of nitrogen functional groups attached to an aromatic ring is 1. The molecule has 100 valence electrons. The van der Waals surface area contributed by atoms with E-state index in [1.807, 2.05) is 13.0 Å². The van der Waals surface area contributed by atoms with Crippen molar-refractivity contribution in [1.82, 2.24) is 4.98 Å². The van der Waals surface area contributed by atoms with Gasteiger partial charge in [0.15, 0.2) is 5.82 Å². The molecule has 1 unspecified atom stereocenters. The zero-order valence-electron chi connectivity index (χ0n) is 11.1. The monoisotopic (exact) mass is 251 g/mol. The molecule has 1 aromatic heterocycles. The van der Waals surface area contributed by atoms with Crippen LogP contribution < -0.4 is 15.4 Å². The van der Waals surface area contributed by atoms with Crippen LogP contribution in [0.4, 0.5) is 11.5 Å². The molecule has 0 aromatic carbocycles. The zero-order valence-corrected chi connectivity index (χ0v) is 11.1. The Balaban J connectivity index is 2.14. The van der Waals surface area contributed by atoms with Gasteiger partial charge in [0.2, 0.25) is 5.88 Å². The van der Waals surface area contributed by atoms with Crippen molar-refractivity contribution in [3.8, 4) is 5.88 Å². The van der Waals surface area contributed by atoms with Crippen LogP contribution in [0.15, 0.2) is 12.1 Å². The third-order valence-electron chi connectivity index (χ3n) is 3.17. The molecule has 1 saturated heterocycles. The maximum Gasteiger partial charge on any atom is 0.215 e. The Hall–Kier alpha value is -1.49. The number of piperidine rings is 1. The van der Waals surface area contributed by atoms with Gasteiger partial charge in [-0.3, -0.25) is 0 Å². The van der Waals surface area contributed by atoms with Crippen molar-refractivity contribution in [3.63, 3.8) is 0 Å². The van der Waals surface area contributed by atoms with Crippen molar-refractivity contribution in [2.45, 2.75) is 25.9 Å². The summed E-state index contributed by atoms with van der Waals surface area (Å²) in [5.41, 5.74) is 6.68. The first-order chi connectivity index (χ1) is 8.74. The quantitative estimate of drug-likeness (QED) is 0.882. The van der Waals surface area contributed by atoms with Crippen LogP contribution in [0.25, 0.3) is 0 Å². The fourth-order valence-electron chi connectivity index (χ4n) is 2.31. The van der Waals surface area contributed by atoms with Crippen LogP contribution in [-0.4, -0.2) is 37.9 Å². The first-order valence-electron chi connectivity index (χ1n) is 6.41. The summed E-state index contributed by atoms with van der Waals surface area (Å²) in [5.74, 6) is 1.40. The fourth-order valence-corrected chi connectivity index (χ4v) is 2.31. The molecule has 2 N–H and O–H groups in total. The van der Waals surface area contributed by atoms with Gasteiger partial charge < -0.3 is 20.1 Å². The fraction of sp³-hybridized carbons (Fsp3) is 0.615. The summed E-state index contributed by atoms with van der Waals surface area (Å²) in [6.07, 6.45) is 2.48. The lowest BCUT2D eigenvalue weighted by Crippen LogP contribution is -2.40. The highest BCUT2D eigenvalue weighted by Gasteiger charge is 2.22. The second kappa shape index (κ2) is 5.91. The van der Waals surface area contributed by atoms with Crippen LogP contribution in [0, 0.1) is 0 Å². The molecule has 0 aliphatic carbocycles. The molecule has 0 saturated carbocycles. The van der Waals surface area contributed by atoms with Gasteiger partial charge in [-0.2, -0.15) is 4.98 Å². The van der Waals surface area contributed by atoms with Gasteiger partial charge in [-0.25, -0.2) is 0 Å². The number of methoxy groups -OCH3 is 1. The Morgan fingerprint density at radius 3 is 3.06 bits per heavy atom. The number of aromatic nitrogens is 1. The average Bonchev–Trinajstić information content (AvgIpc) is 2.40. The van der Waals surface area contributed by atoms with Gasteiger partial charge in [-0.15, -0.1) is 0 Å². The van der Waals surface area contributed by atoms with Gasteiger partial charge in [-0.05, 0) is 25.8 Å². The lowest BCUT2D eigenvalue weighted by Gasteiger charge is -2.33. The molecule has 0 amide bonds. The number of rotatable bonds is 4. The molecular weight excluding hydrogens is 230 g/mol. The first-order valence-corrected chi connectivity index (χ1v) is 6.41. The Morgan fingerprint density at radius 2 is 2.33 bits per heavy atom. The maximum absolute atomic E-state index is 5.99. The van der Waals surface area contributed by atoms with Crippen molar-refractivity contribution in [3.05, 3.63) is 12.1 Å². The average molecular weight is 251 g/mol. The third-order valence-corrected chi connectivity index (χ3v) is 3.17. The molecule has 2 heterocycles. The summed E-state index contributed by atoms with van der Waals surface area (Å²) >= 11 is 0. The molecule has 18 heavy (non-hydrogen) atoms.